The van der Waals surface area contributed by atoms with Crippen molar-refractivity contribution < 1.29 is 9.90 Å². The van der Waals surface area contributed by atoms with Gasteiger partial charge in [-0.1, -0.05) is 6.92 Å². The number of carbonyl (C=O) groups excluding carboxylic acids is 1. The lowest BCUT2D eigenvalue weighted by atomic mass is 10.1. The molecule has 0 fully saturated rings. The van der Waals surface area contributed by atoms with Gasteiger partial charge in [0.15, 0.2) is 0 Å². The summed E-state index contributed by atoms with van der Waals surface area (Å²) in [6.07, 6.45) is 1.52. The summed E-state index contributed by atoms with van der Waals surface area (Å²) >= 11 is 1.79. The summed E-state index contributed by atoms with van der Waals surface area (Å²) in [4.78, 5) is 17.9. The summed E-state index contributed by atoms with van der Waals surface area (Å²) in [5, 5.41) is 12.0. The van der Waals surface area contributed by atoms with Crippen molar-refractivity contribution in [2.75, 3.05) is 26.2 Å². The molecule has 4 nitrogen and oxygen atoms in total. The minimum atomic E-state index is -0.713. The van der Waals surface area contributed by atoms with Crippen LogP contribution in [0, 0.1) is 0 Å². The molecule has 2 heterocycles. The summed E-state index contributed by atoms with van der Waals surface area (Å²) in [5.41, 5.74) is 0.596. The number of nitrogens with zero attached hydrogens (tertiary/aromatic N) is 2. The molecule has 0 saturated heterocycles. The lowest BCUT2D eigenvalue weighted by Crippen LogP contribution is -2.41. The molecule has 0 saturated carbocycles. The first-order chi connectivity index (χ1) is 9.89. The molecule has 1 aromatic heterocycles. The van der Waals surface area contributed by atoms with Gasteiger partial charge in [-0.15, -0.1) is 11.3 Å². The smallest absolute Gasteiger partial charge is 0.224 e. The van der Waals surface area contributed by atoms with Gasteiger partial charge in [0.05, 0.1) is 5.60 Å². The van der Waals surface area contributed by atoms with Crippen LogP contribution in [0.15, 0.2) is 11.4 Å². The Bertz CT molecular complexity index is 479. The largest absolute Gasteiger partial charge is 0.389 e. The van der Waals surface area contributed by atoms with Crippen LogP contribution in [0.2, 0.25) is 0 Å². The minimum Gasteiger partial charge on any atom is -0.389 e. The molecule has 1 aliphatic rings. The van der Waals surface area contributed by atoms with E-state index in [1.165, 1.54) is 10.4 Å². The Morgan fingerprint density at radius 3 is 2.95 bits per heavy atom. The minimum absolute atomic E-state index is 0.223. The fourth-order valence-electron chi connectivity index (χ4n) is 2.77. The molecule has 5 heteroatoms. The Morgan fingerprint density at radius 2 is 2.29 bits per heavy atom. The van der Waals surface area contributed by atoms with Gasteiger partial charge >= 0.3 is 0 Å². The Hall–Kier alpha value is -0.910. The molecule has 0 spiro atoms. The van der Waals surface area contributed by atoms with E-state index in [4.69, 9.17) is 0 Å². The molecule has 0 unspecified atom stereocenters. The molecule has 0 aliphatic carbocycles. The van der Waals surface area contributed by atoms with Crippen molar-refractivity contribution in [2.45, 2.75) is 45.8 Å². The maximum Gasteiger partial charge on any atom is 0.224 e. The number of hydrogen-bond acceptors (Lipinski definition) is 4. The molecule has 0 radical (unpaired) electrons. The summed E-state index contributed by atoms with van der Waals surface area (Å²) in [6, 6.07) is 2.13. The van der Waals surface area contributed by atoms with Crippen molar-refractivity contribution in [3.63, 3.8) is 0 Å². The van der Waals surface area contributed by atoms with Gasteiger partial charge in [-0.25, -0.2) is 0 Å². The van der Waals surface area contributed by atoms with Gasteiger partial charge in [0.2, 0.25) is 5.91 Å². The third-order valence-corrected chi connectivity index (χ3v) is 4.88. The molecule has 2 rings (SSSR count). The van der Waals surface area contributed by atoms with E-state index < -0.39 is 5.60 Å². The average molecular weight is 310 g/mol. The van der Waals surface area contributed by atoms with Crippen LogP contribution in [0.5, 0.6) is 0 Å². The first kappa shape index (κ1) is 16.5. The molecule has 21 heavy (non-hydrogen) atoms. The van der Waals surface area contributed by atoms with E-state index in [-0.39, 0.29) is 5.91 Å². The van der Waals surface area contributed by atoms with Gasteiger partial charge in [-0.3, -0.25) is 4.79 Å². The van der Waals surface area contributed by atoms with Crippen molar-refractivity contribution in [3.8, 4) is 0 Å². The van der Waals surface area contributed by atoms with Crippen molar-refractivity contribution >= 4 is 17.2 Å². The van der Waals surface area contributed by atoms with Gasteiger partial charge in [0.1, 0.15) is 0 Å². The van der Waals surface area contributed by atoms with Crippen LogP contribution in [-0.4, -0.2) is 52.6 Å². The molecule has 0 bridgehead atoms. The predicted octanol–water partition coefficient (Wildman–Crippen LogP) is 2.12. The second-order valence-corrected chi connectivity index (χ2v) is 7.37. The maximum absolute atomic E-state index is 12.4. The first-order valence-electron chi connectivity index (χ1n) is 7.67. The number of hydrogen-bond donors (Lipinski definition) is 1. The van der Waals surface area contributed by atoms with E-state index in [0.29, 0.717) is 19.5 Å². The van der Waals surface area contributed by atoms with Crippen molar-refractivity contribution in [3.05, 3.63) is 21.9 Å². The van der Waals surface area contributed by atoms with Crippen LogP contribution >= 0.6 is 11.3 Å². The Morgan fingerprint density at radius 1 is 1.52 bits per heavy atom. The summed E-state index contributed by atoms with van der Waals surface area (Å²) in [7, 11) is 0. The standard InChI is InChI=1S/C16H26N2O2S/c1-4-17(12-16(2,3)20)8-6-15(19)18-9-5-14-13(11-18)7-10-21-14/h7,10,20H,4-6,8-9,11-12H2,1-3H3. The van der Waals surface area contributed by atoms with Crippen LogP contribution < -0.4 is 0 Å². The predicted molar refractivity (Wildman–Crippen MR) is 86.5 cm³/mol. The zero-order valence-electron chi connectivity index (χ0n) is 13.3. The number of thiophene rings is 1. The molecule has 1 aromatic rings. The fourth-order valence-corrected chi connectivity index (χ4v) is 3.66. The quantitative estimate of drug-likeness (QED) is 0.875. The van der Waals surface area contributed by atoms with Crippen molar-refractivity contribution in [1.82, 2.24) is 9.80 Å². The molecule has 0 atom stereocenters. The molecule has 1 aliphatic heterocycles. The van der Waals surface area contributed by atoms with Crippen molar-refractivity contribution in [1.29, 1.82) is 0 Å². The number of amides is 1. The van der Waals surface area contributed by atoms with Crippen LogP contribution in [0.25, 0.3) is 0 Å². The lowest BCUT2D eigenvalue weighted by Gasteiger charge is -2.30. The van der Waals surface area contributed by atoms with Crippen LogP contribution in [-0.2, 0) is 17.8 Å². The maximum atomic E-state index is 12.4. The summed E-state index contributed by atoms with van der Waals surface area (Å²) in [6.45, 7) is 9.44. The lowest BCUT2D eigenvalue weighted by molar-refractivity contribution is -0.132. The van der Waals surface area contributed by atoms with Crippen LogP contribution in [0.1, 0.15) is 37.6 Å². The van der Waals surface area contributed by atoms with Crippen molar-refractivity contribution in [2.24, 2.45) is 0 Å². The van der Waals surface area contributed by atoms with E-state index in [9.17, 15) is 9.90 Å². The van der Waals surface area contributed by atoms with E-state index in [1.54, 1.807) is 25.2 Å². The Labute approximate surface area is 131 Å². The Kier molecular flexibility index (Phi) is 5.41. The van der Waals surface area contributed by atoms with Gasteiger partial charge in [-0.05, 0) is 43.8 Å². The molecule has 0 aromatic carbocycles. The third kappa shape index (κ3) is 4.80. The highest BCUT2D eigenvalue weighted by molar-refractivity contribution is 7.10. The number of likely N-dealkylation sites (N-methyl/N-ethyl adjacent to an activating group) is 1. The second-order valence-electron chi connectivity index (χ2n) is 6.37. The van der Waals surface area contributed by atoms with Gasteiger partial charge in [-0.2, -0.15) is 0 Å². The van der Waals surface area contributed by atoms with Gasteiger partial charge < -0.3 is 14.9 Å². The Balaban J connectivity index is 1.82. The number of carbonyl (C=O) groups is 1. The monoisotopic (exact) mass is 310 g/mol. The number of fused-ring (bicyclic) bond motifs is 1. The topological polar surface area (TPSA) is 43.8 Å². The van der Waals surface area contributed by atoms with Crippen LogP contribution in [0.4, 0.5) is 0 Å². The number of rotatable bonds is 6. The fraction of sp³-hybridized carbons (Fsp3) is 0.688. The zero-order chi connectivity index (χ0) is 15.5. The third-order valence-electron chi connectivity index (χ3n) is 3.86. The zero-order valence-corrected chi connectivity index (χ0v) is 14.1. The SMILES string of the molecule is CCN(CCC(=O)N1CCc2sccc2C1)CC(C)(C)O. The van der Waals surface area contributed by atoms with E-state index in [1.807, 2.05) is 4.90 Å². The average Bonchev–Trinajstić information content (AvgIpc) is 2.89. The first-order valence-corrected chi connectivity index (χ1v) is 8.55. The summed E-state index contributed by atoms with van der Waals surface area (Å²) in [5.74, 6) is 0.223. The molecule has 1 N–H and O–H groups in total. The normalized spacial score (nSPS) is 15.4. The highest BCUT2D eigenvalue weighted by Gasteiger charge is 2.23. The van der Waals surface area contributed by atoms with Gasteiger partial charge in [0, 0.05) is 37.5 Å². The van der Waals surface area contributed by atoms with Gasteiger partial charge in [0.25, 0.3) is 0 Å². The number of aliphatic hydroxyl groups is 1. The highest BCUT2D eigenvalue weighted by Crippen LogP contribution is 2.24. The molecular formula is C16H26N2O2S. The molecule has 118 valence electrons. The highest BCUT2D eigenvalue weighted by atomic mass is 32.1. The molecule has 1 amide bonds. The van der Waals surface area contributed by atoms with E-state index in [0.717, 1.165) is 26.1 Å². The van der Waals surface area contributed by atoms with E-state index >= 15 is 0 Å². The second kappa shape index (κ2) is 6.90. The molecular weight excluding hydrogens is 284 g/mol. The van der Waals surface area contributed by atoms with Crippen LogP contribution in [0.3, 0.4) is 0 Å². The summed E-state index contributed by atoms with van der Waals surface area (Å²) < 4.78 is 0. The van der Waals surface area contributed by atoms with E-state index in [2.05, 4.69) is 23.3 Å².